The Morgan fingerprint density at radius 3 is 2.55 bits per heavy atom. The van der Waals surface area contributed by atoms with Crippen molar-refractivity contribution in [2.24, 2.45) is 0 Å². The second-order valence-corrected chi connectivity index (χ2v) is 5.77. The predicted octanol–water partition coefficient (Wildman–Crippen LogP) is 3.99. The van der Waals surface area contributed by atoms with Gasteiger partial charge in [0.05, 0.1) is 14.5 Å². The van der Waals surface area contributed by atoms with Crippen LogP contribution in [0.1, 0.15) is 6.92 Å². The molecule has 0 aliphatic rings. The fourth-order valence-electron chi connectivity index (χ4n) is 2.20. The lowest BCUT2D eigenvalue weighted by molar-refractivity contribution is -0.131. The van der Waals surface area contributed by atoms with Gasteiger partial charge in [0.2, 0.25) is 5.43 Å². The second-order valence-electron chi connectivity index (χ2n) is 4.69. The quantitative estimate of drug-likeness (QED) is 0.367. The molecule has 5 heteroatoms. The molecule has 0 amide bonds. The monoisotopic (exact) mass is 406 g/mol. The van der Waals surface area contributed by atoms with Crippen LogP contribution >= 0.6 is 22.6 Å². The van der Waals surface area contributed by atoms with Gasteiger partial charge in [0, 0.05) is 6.92 Å². The minimum Gasteiger partial charge on any atom is -0.462 e. The molecule has 110 valence electrons. The fraction of sp³-hybridized carbons (Fsp3) is 0.0588. The number of ether oxygens (including phenoxy) is 1. The average Bonchev–Trinajstić information content (AvgIpc) is 2.51. The van der Waals surface area contributed by atoms with Gasteiger partial charge in [0.15, 0.2) is 5.58 Å². The van der Waals surface area contributed by atoms with Crippen molar-refractivity contribution in [3.8, 4) is 16.9 Å². The third-order valence-corrected chi connectivity index (χ3v) is 4.21. The Morgan fingerprint density at radius 2 is 1.86 bits per heavy atom. The molecule has 0 atom stereocenters. The second kappa shape index (κ2) is 5.92. The highest BCUT2D eigenvalue weighted by Gasteiger charge is 2.15. The third kappa shape index (κ3) is 2.64. The van der Waals surface area contributed by atoms with E-state index in [0.29, 0.717) is 25.9 Å². The van der Waals surface area contributed by atoms with Crippen LogP contribution in [0.3, 0.4) is 0 Å². The van der Waals surface area contributed by atoms with Crippen molar-refractivity contribution in [3.05, 3.63) is 62.5 Å². The maximum atomic E-state index is 12.6. The molecule has 0 aliphatic heterocycles. The van der Waals surface area contributed by atoms with Crippen molar-refractivity contribution in [2.75, 3.05) is 0 Å². The van der Waals surface area contributed by atoms with Crippen LogP contribution in [0.5, 0.6) is 5.75 Å². The molecule has 0 radical (unpaired) electrons. The van der Waals surface area contributed by atoms with Crippen LogP contribution in [-0.4, -0.2) is 5.97 Å². The van der Waals surface area contributed by atoms with Crippen molar-refractivity contribution in [3.63, 3.8) is 0 Å². The zero-order valence-corrected chi connectivity index (χ0v) is 13.8. The standard InChI is InChI=1S/C17H11IO4/c1-10(19)22-14-8-7-12-16(20)13(9-21-17(12)15(14)18)11-5-3-2-4-6-11/h2-9H,1H3. The van der Waals surface area contributed by atoms with E-state index in [9.17, 15) is 9.59 Å². The lowest BCUT2D eigenvalue weighted by atomic mass is 10.1. The van der Waals surface area contributed by atoms with E-state index < -0.39 is 5.97 Å². The van der Waals surface area contributed by atoms with Crippen LogP contribution in [0, 0.1) is 3.57 Å². The number of carbonyl (C=O) groups is 1. The van der Waals surface area contributed by atoms with Crippen molar-refractivity contribution < 1.29 is 13.9 Å². The molecule has 2 aromatic carbocycles. The van der Waals surface area contributed by atoms with Gasteiger partial charge in [-0.15, -0.1) is 0 Å². The maximum absolute atomic E-state index is 12.6. The highest BCUT2D eigenvalue weighted by atomic mass is 127. The summed E-state index contributed by atoms with van der Waals surface area (Å²) in [7, 11) is 0. The van der Waals surface area contributed by atoms with Gasteiger partial charge >= 0.3 is 5.97 Å². The van der Waals surface area contributed by atoms with Gasteiger partial charge < -0.3 is 9.15 Å². The molecule has 22 heavy (non-hydrogen) atoms. The zero-order chi connectivity index (χ0) is 15.7. The smallest absolute Gasteiger partial charge is 0.308 e. The molecule has 1 aromatic heterocycles. The molecule has 0 bridgehead atoms. The number of esters is 1. The summed E-state index contributed by atoms with van der Waals surface area (Å²) < 4.78 is 11.3. The van der Waals surface area contributed by atoms with Gasteiger partial charge in [-0.05, 0) is 40.3 Å². The molecule has 3 aromatic rings. The van der Waals surface area contributed by atoms with E-state index in [1.165, 1.54) is 13.2 Å². The van der Waals surface area contributed by atoms with Gasteiger partial charge in [0.25, 0.3) is 0 Å². The van der Waals surface area contributed by atoms with Crippen LogP contribution < -0.4 is 10.2 Å². The van der Waals surface area contributed by atoms with Crippen LogP contribution in [0.15, 0.2) is 57.9 Å². The molecular weight excluding hydrogens is 395 g/mol. The first kappa shape index (κ1) is 14.8. The minimum absolute atomic E-state index is 0.111. The molecule has 0 saturated heterocycles. The van der Waals surface area contributed by atoms with Crippen molar-refractivity contribution >= 4 is 39.5 Å². The number of benzene rings is 2. The van der Waals surface area contributed by atoms with Gasteiger partial charge in [-0.1, -0.05) is 30.3 Å². The molecule has 0 spiro atoms. The van der Waals surface area contributed by atoms with E-state index in [4.69, 9.17) is 9.15 Å². The molecule has 0 N–H and O–H groups in total. The van der Waals surface area contributed by atoms with Crippen molar-refractivity contribution in [1.29, 1.82) is 0 Å². The van der Waals surface area contributed by atoms with E-state index in [-0.39, 0.29) is 5.43 Å². The summed E-state index contributed by atoms with van der Waals surface area (Å²) in [5, 5.41) is 0.460. The lowest BCUT2D eigenvalue weighted by Gasteiger charge is -2.07. The summed E-state index contributed by atoms with van der Waals surface area (Å²) in [6.07, 6.45) is 1.44. The molecule has 0 saturated carbocycles. The highest BCUT2D eigenvalue weighted by Crippen LogP contribution is 2.30. The Balaban J connectivity index is 2.21. The highest BCUT2D eigenvalue weighted by molar-refractivity contribution is 14.1. The first-order valence-corrected chi connectivity index (χ1v) is 7.63. The lowest BCUT2D eigenvalue weighted by Crippen LogP contribution is -2.07. The number of hydrogen-bond acceptors (Lipinski definition) is 4. The number of carbonyl (C=O) groups excluding carboxylic acids is 1. The summed E-state index contributed by atoms with van der Waals surface area (Å²) in [5.41, 5.74) is 1.62. The van der Waals surface area contributed by atoms with E-state index in [1.807, 2.05) is 52.9 Å². The Bertz CT molecular complexity index is 913. The summed E-state index contributed by atoms with van der Waals surface area (Å²) in [6.45, 7) is 1.33. The zero-order valence-electron chi connectivity index (χ0n) is 11.6. The minimum atomic E-state index is -0.416. The molecule has 0 aliphatic carbocycles. The number of hydrogen-bond donors (Lipinski definition) is 0. The molecule has 3 rings (SSSR count). The van der Waals surface area contributed by atoms with Gasteiger partial charge in [-0.25, -0.2) is 0 Å². The van der Waals surface area contributed by atoms with Gasteiger partial charge in [0.1, 0.15) is 12.0 Å². The van der Waals surface area contributed by atoms with Crippen LogP contribution in [0.4, 0.5) is 0 Å². The predicted molar refractivity (Wildman–Crippen MR) is 91.9 cm³/mol. The topological polar surface area (TPSA) is 56.5 Å². The molecule has 0 fully saturated rings. The van der Waals surface area contributed by atoms with E-state index in [1.54, 1.807) is 12.1 Å². The SMILES string of the molecule is CC(=O)Oc1ccc2c(=O)c(-c3ccccc3)coc2c1I. The van der Waals surface area contributed by atoms with Crippen molar-refractivity contribution in [1.82, 2.24) is 0 Å². The summed E-state index contributed by atoms with van der Waals surface area (Å²) in [4.78, 5) is 23.7. The molecule has 4 nitrogen and oxygen atoms in total. The first-order valence-electron chi connectivity index (χ1n) is 6.56. The summed E-state index contributed by atoms with van der Waals surface area (Å²) >= 11 is 2.01. The first-order chi connectivity index (χ1) is 10.6. The van der Waals surface area contributed by atoms with Gasteiger partial charge in [-0.3, -0.25) is 9.59 Å². The third-order valence-electron chi connectivity index (χ3n) is 3.18. The van der Waals surface area contributed by atoms with E-state index in [2.05, 4.69) is 0 Å². The Hall–Kier alpha value is -2.15. The summed E-state index contributed by atoms with van der Waals surface area (Å²) in [5.74, 6) is -0.0308. The van der Waals surface area contributed by atoms with Crippen molar-refractivity contribution in [2.45, 2.75) is 6.92 Å². The van der Waals surface area contributed by atoms with E-state index in [0.717, 1.165) is 5.56 Å². The molecule has 1 heterocycles. The van der Waals surface area contributed by atoms with Crippen LogP contribution in [0.2, 0.25) is 0 Å². The number of halogens is 1. The molecular formula is C17H11IO4. The summed E-state index contributed by atoms with van der Waals surface area (Å²) in [6, 6.07) is 12.6. The Kier molecular flexibility index (Phi) is 3.98. The normalized spacial score (nSPS) is 10.6. The van der Waals surface area contributed by atoms with Crippen LogP contribution in [0.25, 0.3) is 22.1 Å². The number of fused-ring (bicyclic) bond motifs is 1. The number of rotatable bonds is 2. The van der Waals surface area contributed by atoms with Crippen LogP contribution in [-0.2, 0) is 4.79 Å². The fourth-order valence-corrected chi connectivity index (χ4v) is 2.91. The average molecular weight is 406 g/mol. The van der Waals surface area contributed by atoms with Gasteiger partial charge in [-0.2, -0.15) is 0 Å². The largest absolute Gasteiger partial charge is 0.462 e. The molecule has 0 unspecified atom stereocenters. The maximum Gasteiger partial charge on any atom is 0.308 e. The Labute approximate surface area is 139 Å². The Morgan fingerprint density at radius 1 is 1.14 bits per heavy atom. The van der Waals surface area contributed by atoms with E-state index >= 15 is 0 Å².